The molecule has 100 valence electrons. The van der Waals surface area contributed by atoms with Gasteiger partial charge < -0.3 is 14.6 Å². The maximum absolute atomic E-state index is 5.62. The molecule has 2 aromatic rings. The third kappa shape index (κ3) is 4.26. The number of aromatic nitrogens is 2. The standard InChI is InChI=1S/C15H19N3O/c1-2-11-19-15-6-4-3-5-14(15)12-16-7-9-18-10-8-17-13-18/h2-6,8,10,13,16H,1,7,9,11-12H2. The van der Waals surface area contributed by atoms with Gasteiger partial charge in [-0.25, -0.2) is 4.98 Å². The zero-order valence-corrected chi connectivity index (χ0v) is 11.0. The molecule has 4 nitrogen and oxygen atoms in total. The van der Waals surface area contributed by atoms with Crippen LogP contribution in [0.1, 0.15) is 5.56 Å². The maximum Gasteiger partial charge on any atom is 0.124 e. The van der Waals surface area contributed by atoms with Gasteiger partial charge >= 0.3 is 0 Å². The van der Waals surface area contributed by atoms with Gasteiger partial charge in [0.05, 0.1) is 6.33 Å². The minimum atomic E-state index is 0.534. The molecule has 1 aromatic carbocycles. The predicted octanol–water partition coefficient (Wildman–Crippen LogP) is 2.24. The van der Waals surface area contributed by atoms with E-state index < -0.39 is 0 Å². The number of rotatable bonds is 8. The van der Waals surface area contributed by atoms with Crippen molar-refractivity contribution in [1.29, 1.82) is 0 Å². The number of ether oxygens (including phenoxy) is 1. The van der Waals surface area contributed by atoms with Gasteiger partial charge in [0.15, 0.2) is 0 Å². The lowest BCUT2D eigenvalue weighted by molar-refractivity contribution is 0.357. The minimum Gasteiger partial charge on any atom is -0.489 e. The van der Waals surface area contributed by atoms with Crippen LogP contribution in [0.3, 0.4) is 0 Å². The van der Waals surface area contributed by atoms with E-state index in [2.05, 4.69) is 22.9 Å². The molecule has 0 radical (unpaired) electrons. The topological polar surface area (TPSA) is 39.1 Å². The van der Waals surface area contributed by atoms with Gasteiger partial charge in [-0.15, -0.1) is 0 Å². The molecule has 1 N–H and O–H groups in total. The lowest BCUT2D eigenvalue weighted by Crippen LogP contribution is -2.19. The Kier molecular flexibility index (Phi) is 5.19. The molecule has 1 heterocycles. The van der Waals surface area contributed by atoms with E-state index in [-0.39, 0.29) is 0 Å². The van der Waals surface area contributed by atoms with E-state index in [1.54, 1.807) is 12.3 Å². The van der Waals surface area contributed by atoms with Crippen molar-refractivity contribution < 1.29 is 4.74 Å². The molecule has 0 saturated heterocycles. The van der Waals surface area contributed by atoms with E-state index in [0.717, 1.165) is 30.9 Å². The second-order valence-electron chi connectivity index (χ2n) is 4.18. The fourth-order valence-corrected chi connectivity index (χ4v) is 1.79. The Morgan fingerprint density at radius 3 is 3.05 bits per heavy atom. The molecule has 0 spiro atoms. The van der Waals surface area contributed by atoms with Crippen LogP contribution in [0.2, 0.25) is 0 Å². The second kappa shape index (κ2) is 7.38. The molecule has 0 atom stereocenters. The van der Waals surface area contributed by atoms with Gasteiger partial charge in [-0.3, -0.25) is 0 Å². The summed E-state index contributed by atoms with van der Waals surface area (Å²) in [5.41, 5.74) is 1.16. The Morgan fingerprint density at radius 1 is 1.37 bits per heavy atom. The molecule has 0 bridgehead atoms. The Morgan fingerprint density at radius 2 is 2.26 bits per heavy atom. The summed E-state index contributed by atoms with van der Waals surface area (Å²) < 4.78 is 7.66. The third-order valence-corrected chi connectivity index (χ3v) is 2.75. The lowest BCUT2D eigenvalue weighted by atomic mass is 10.2. The van der Waals surface area contributed by atoms with E-state index in [9.17, 15) is 0 Å². The van der Waals surface area contributed by atoms with Crippen LogP contribution in [-0.2, 0) is 13.1 Å². The highest BCUT2D eigenvalue weighted by molar-refractivity contribution is 5.33. The molecule has 19 heavy (non-hydrogen) atoms. The minimum absolute atomic E-state index is 0.534. The van der Waals surface area contributed by atoms with E-state index in [4.69, 9.17) is 4.74 Å². The number of hydrogen-bond donors (Lipinski definition) is 1. The summed E-state index contributed by atoms with van der Waals surface area (Å²) in [5, 5.41) is 3.40. The largest absolute Gasteiger partial charge is 0.489 e. The average Bonchev–Trinajstić information content (AvgIpc) is 2.95. The number of nitrogens with zero attached hydrogens (tertiary/aromatic N) is 2. The van der Waals surface area contributed by atoms with Gasteiger partial charge in [-0.05, 0) is 6.07 Å². The van der Waals surface area contributed by atoms with Gasteiger partial charge in [0.1, 0.15) is 12.4 Å². The van der Waals surface area contributed by atoms with Crippen LogP contribution in [0.15, 0.2) is 55.6 Å². The normalized spacial score (nSPS) is 10.3. The summed E-state index contributed by atoms with van der Waals surface area (Å²) in [6.45, 7) is 6.79. The predicted molar refractivity (Wildman–Crippen MR) is 76.1 cm³/mol. The van der Waals surface area contributed by atoms with Crippen molar-refractivity contribution >= 4 is 0 Å². The summed E-state index contributed by atoms with van der Waals surface area (Å²) in [4.78, 5) is 4.01. The molecule has 1 aromatic heterocycles. The smallest absolute Gasteiger partial charge is 0.124 e. The molecule has 0 aliphatic heterocycles. The molecule has 0 fully saturated rings. The molecule has 0 aliphatic carbocycles. The van der Waals surface area contributed by atoms with Gasteiger partial charge in [0.25, 0.3) is 0 Å². The number of imidazole rings is 1. The summed E-state index contributed by atoms with van der Waals surface area (Å²) in [5.74, 6) is 0.914. The van der Waals surface area contributed by atoms with Crippen LogP contribution in [0.5, 0.6) is 5.75 Å². The Hall–Kier alpha value is -2.07. The highest BCUT2D eigenvalue weighted by Crippen LogP contribution is 2.17. The quantitative estimate of drug-likeness (QED) is 0.582. The van der Waals surface area contributed by atoms with Gasteiger partial charge in [0, 0.05) is 37.6 Å². The molecule has 0 aliphatic rings. The molecule has 2 rings (SSSR count). The van der Waals surface area contributed by atoms with Crippen LogP contribution >= 0.6 is 0 Å². The van der Waals surface area contributed by atoms with Gasteiger partial charge in [-0.1, -0.05) is 30.9 Å². The van der Waals surface area contributed by atoms with Crippen LogP contribution in [-0.4, -0.2) is 22.7 Å². The van der Waals surface area contributed by atoms with E-state index in [0.29, 0.717) is 6.61 Å². The summed E-state index contributed by atoms with van der Waals surface area (Å²) in [6, 6.07) is 8.06. The Labute approximate surface area is 113 Å². The SMILES string of the molecule is C=CCOc1ccccc1CNCCn1ccnc1. The van der Waals surface area contributed by atoms with Crippen LogP contribution < -0.4 is 10.1 Å². The first-order valence-corrected chi connectivity index (χ1v) is 6.38. The van der Waals surface area contributed by atoms with E-state index in [1.165, 1.54) is 0 Å². The highest BCUT2D eigenvalue weighted by atomic mass is 16.5. The molecule has 4 heteroatoms. The summed E-state index contributed by atoms with van der Waals surface area (Å²) in [6.07, 6.45) is 7.33. The molecule has 0 unspecified atom stereocenters. The van der Waals surface area contributed by atoms with Crippen molar-refractivity contribution in [3.8, 4) is 5.75 Å². The van der Waals surface area contributed by atoms with Gasteiger partial charge in [-0.2, -0.15) is 0 Å². The van der Waals surface area contributed by atoms with Crippen LogP contribution in [0, 0.1) is 0 Å². The third-order valence-electron chi connectivity index (χ3n) is 2.75. The fraction of sp³-hybridized carbons (Fsp3) is 0.267. The Balaban J connectivity index is 1.80. The molecular formula is C15H19N3O. The first-order chi connectivity index (χ1) is 9.40. The highest BCUT2D eigenvalue weighted by Gasteiger charge is 2.01. The Bertz CT molecular complexity index is 494. The number of hydrogen-bond acceptors (Lipinski definition) is 3. The number of para-hydroxylation sites is 1. The monoisotopic (exact) mass is 257 g/mol. The van der Waals surface area contributed by atoms with Crippen molar-refractivity contribution in [3.05, 3.63) is 61.2 Å². The maximum atomic E-state index is 5.62. The summed E-state index contributed by atoms with van der Waals surface area (Å²) >= 11 is 0. The van der Waals surface area contributed by atoms with Crippen LogP contribution in [0.4, 0.5) is 0 Å². The zero-order chi connectivity index (χ0) is 13.3. The fourth-order valence-electron chi connectivity index (χ4n) is 1.79. The van der Waals surface area contributed by atoms with Crippen molar-refractivity contribution in [2.75, 3.05) is 13.2 Å². The van der Waals surface area contributed by atoms with Crippen LogP contribution in [0.25, 0.3) is 0 Å². The van der Waals surface area contributed by atoms with E-state index >= 15 is 0 Å². The average molecular weight is 257 g/mol. The van der Waals surface area contributed by atoms with Crippen molar-refractivity contribution in [2.45, 2.75) is 13.1 Å². The number of benzene rings is 1. The van der Waals surface area contributed by atoms with Crippen molar-refractivity contribution in [2.24, 2.45) is 0 Å². The second-order valence-corrected chi connectivity index (χ2v) is 4.18. The van der Waals surface area contributed by atoms with Gasteiger partial charge in [0.2, 0.25) is 0 Å². The number of nitrogens with one attached hydrogen (secondary N) is 1. The zero-order valence-electron chi connectivity index (χ0n) is 11.0. The molecule has 0 amide bonds. The van der Waals surface area contributed by atoms with E-state index in [1.807, 2.05) is 35.3 Å². The first kappa shape index (κ1) is 13.4. The molecular weight excluding hydrogens is 238 g/mol. The van der Waals surface area contributed by atoms with Crippen molar-refractivity contribution in [3.63, 3.8) is 0 Å². The lowest BCUT2D eigenvalue weighted by Gasteiger charge is -2.11. The molecule has 0 saturated carbocycles. The summed E-state index contributed by atoms with van der Waals surface area (Å²) in [7, 11) is 0. The van der Waals surface area contributed by atoms with Crippen molar-refractivity contribution in [1.82, 2.24) is 14.9 Å². The first-order valence-electron chi connectivity index (χ1n) is 6.38.